The molecule has 0 aliphatic carbocycles. The van der Waals surface area contributed by atoms with Gasteiger partial charge in [-0.15, -0.1) is 0 Å². The van der Waals surface area contributed by atoms with Gasteiger partial charge in [0.05, 0.1) is 0 Å². The minimum atomic E-state index is 0.502. The summed E-state index contributed by atoms with van der Waals surface area (Å²) >= 11 is 0. The minimum Gasteiger partial charge on any atom is -0.423 e. The van der Waals surface area contributed by atoms with Crippen LogP contribution >= 0.6 is 0 Å². The van der Waals surface area contributed by atoms with Gasteiger partial charge < -0.3 is 14.6 Å². The third-order valence-corrected chi connectivity index (χ3v) is 3.70. The molecular formula is C15H21N3O. The van der Waals surface area contributed by atoms with E-state index in [0.29, 0.717) is 6.04 Å². The van der Waals surface area contributed by atoms with E-state index in [-0.39, 0.29) is 0 Å². The highest BCUT2D eigenvalue weighted by Gasteiger charge is 2.24. The Morgan fingerprint density at radius 3 is 3.05 bits per heavy atom. The Bertz CT molecular complexity index is 498. The third-order valence-electron chi connectivity index (χ3n) is 3.70. The predicted octanol–water partition coefficient (Wildman–Crippen LogP) is 2.80. The van der Waals surface area contributed by atoms with Crippen LogP contribution in [-0.2, 0) is 0 Å². The summed E-state index contributed by atoms with van der Waals surface area (Å²) in [6, 6.07) is 9.25. The van der Waals surface area contributed by atoms with Crippen molar-refractivity contribution in [3.63, 3.8) is 0 Å². The van der Waals surface area contributed by atoms with E-state index in [1.165, 1.54) is 12.8 Å². The van der Waals surface area contributed by atoms with E-state index in [4.69, 9.17) is 4.42 Å². The van der Waals surface area contributed by atoms with Crippen molar-refractivity contribution in [3.8, 4) is 0 Å². The quantitative estimate of drug-likeness (QED) is 0.916. The smallest absolute Gasteiger partial charge is 0.298 e. The molecule has 1 atom stereocenters. The van der Waals surface area contributed by atoms with Gasteiger partial charge in [-0.25, -0.2) is 0 Å². The molecule has 2 aromatic rings. The van der Waals surface area contributed by atoms with Gasteiger partial charge >= 0.3 is 0 Å². The largest absolute Gasteiger partial charge is 0.423 e. The lowest BCUT2D eigenvalue weighted by molar-refractivity contribution is 0.409. The maximum atomic E-state index is 5.92. The van der Waals surface area contributed by atoms with E-state index in [9.17, 15) is 0 Å². The number of para-hydroxylation sites is 2. The van der Waals surface area contributed by atoms with Crippen molar-refractivity contribution < 1.29 is 4.42 Å². The maximum Gasteiger partial charge on any atom is 0.298 e. The van der Waals surface area contributed by atoms with Gasteiger partial charge in [-0.2, -0.15) is 4.98 Å². The van der Waals surface area contributed by atoms with Crippen LogP contribution in [0.1, 0.15) is 26.2 Å². The van der Waals surface area contributed by atoms with Crippen LogP contribution in [0, 0.1) is 0 Å². The summed E-state index contributed by atoms with van der Waals surface area (Å²) in [6.07, 6.45) is 3.55. The number of anilines is 1. The Hall–Kier alpha value is -1.55. The molecule has 1 aliphatic rings. The second-order valence-electron chi connectivity index (χ2n) is 5.16. The topological polar surface area (TPSA) is 41.3 Å². The molecule has 0 bridgehead atoms. The lowest BCUT2D eigenvalue weighted by atomic mass is 10.1. The predicted molar refractivity (Wildman–Crippen MR) is 77.5 cm³/mol. The van der Waals surface area contributed by atoms with E-state index in [1.807, 2.05) is 24.3 Å². The molecule has 0 spiro atoms. The molecule has 1 aliphatic heterocycles. The zero-order chi connectivity index (χ0) is 13.1. The molecule has 1 fully saturated rings. The van der Waals surface area contributed by atoms with Crippen molar-refractivity contribution >= 4 is 17.1 Å². The van der Waals surface area contributed by atoms with Gasteiger partial charge in [-0.05, 0) is 37.9 Å². The highest BCUT2D eigenvalue weighted by atomic mass is 16.4. The normalized spacial score (nSPS) is 19.7. The monoisotopic (exact) mass is 259 g/mol. The second-order valence-corrected chi connectivity index (χ2v) is 5.16. The number of aromatic nitrogens is 1. The van der Waals surface area contributed by atoms with Crippen LogP contribution in [0.5, 0.6) is 0 Å². The zero-order valence-electron chi connectivity index (χ0n) is 11.4. The second kappa shape index (κ2) is 5.61. The zero-order valence-corrected chi connectivity index (χ0v) is 11.4. The Kier molecular flexibility index (Phi) is 3.69. The third kappa shape index (κ3) is 2.59. The van der Waals surface area contributed by atoms with Crippen molar-refractivity contribution in [2.24, 2.45) is 0 Å². The van der Waals surface area contributed by atoms with Crippen LogP contribution in [0.15, 0.2) is 28.7 Å². The molecule has 1 aromatic carbocycles. The van der Waals surface area contributed by atoms with Gasteiger partial charge in [-0.3, -0.25) is 0 Å². The molecule has 0 amide bonds. The molecule has 4 heteroatoms. The summed E-state index contributed by atoms with van der Waals surface area (Å²) < 4.78 is 5.92. The first-order valence-corrected chi connectivity index (χ1v) is 7.21. The number of oxazole rings is 1. The Morgan fingerprint density at radius 2 is 2.32 bits per heavy atom. The molecule has 1 saturated heterocycles. The Morgan fingerprint density at radius 1 is 1.42 bits per heavy atom. The molecule has 0 saturated carbocycles. The minimum absolute atomic E-state index is 0.502. The number of nitrogens with zero attached hydrogens (tertiary/aromatic N) is 2. The molecule has 2 heterocycles. The fraction of sp³-hybridized carbons (Fsp3) is 0.533. The van der Waals surface area contributed by atoms with E-state index < -0.39 is 0 Å². The highest BCUT2D eigenvalue weighted by molar-refractivity contribution is 5.74. The van der Waals surface area contributed by atoms with Gasteiger partial charge in [-0.1, -0.05) is 19.1 Å². The molecule has 0 radical (unpaired) electrons. The first kappa shape index (κ1) is 12.5. The van der Waals surface area contributed by atoms with Crippen LogP contribution in [-0.4, -0.2) is 30.7 Å². The number of fused-ring (bicyclic) bond motifs is 1. The maximum absolute atomic E-state index is 5.92. The average Bonchev–Trinajstić information content (AvgIpc) is 2.89. The van der Waals surface area contributed by atoms with Gasteiger partial charge in [0.25, 0.3) is 6.01 Å². The molecule has 1 N–H and O–H groups in total. The molecule has 4 nitrogen and oxygen atoms in total. The van der Waals surface area contributed by atoms with E-state index >= 15 is 0 Å². The van der Waals surface area contributed by atoms with Crippen LogP contribution in [0.25, 0.3) is 11.1 Å². The van der Waals surface area contributed by atoms with Crippen molar-refractivity contribution in [2.75, 3.05) is 24.5 Å². The lowest BCUT2D eigenvalue weighted by Crippen LogP contribution is -2.46. The van der Waals surface area contributed by atoms with Crippen molar-refractivity contribution in [3.05, 3.63) is 24.3 Å². The number of benzene rings is 1. The van der Waals surface area contributed by atoms with Gasteiger partial charge in [0.15, 0.2) is 5.58 Å². The van der Waals surface area contributed by atoms with Crippen LogP contribution in [0.2, 0.25) is 0 Å². The molecule has 1 unspecified atom stereocenters. The number of piperidine rings is 1. The molecule has 19 heavy (non-hydrogen) atoms. The summed E-state index contributed by atoms with van der Waals surface area (Å²) in [5, 5.41) is 3.47. The summed E-state index contributed by atoms with van der Waals surface area (Å²) in [4.78, 5) is 6.96. The lowest BCUT2D eigenvalue weighted by Gasteiger charge is -2.33. The molecule has 3 rings (SSSR count). The van der Waals surface area contributed by atoms with Crippen LogP contribution in [0.4, 0.5) is 6.01 Å². The molecule has 1 aromatic heterocycles. The standard InChI is InChI=1S/C15H21N3O/c1-2-10-18(12-6-5-9-16-11-12)15-17-13-7-3-4-8-14(13)19-15/h3-4,7-8,12,16H,2,5-6,9-11H2,1H3. The van der Waals surface area contributed by atoms with Gasteiger partial charge in [0, 0.05) is 19.1 Å². The van der Waals surface area contributed by atoms with Crippen molar-refractivity contribution in [2.45, 2.75) is 32.2 Å². The first-order chi connectivity index (χ1) is 9.38. The number of rotatable bonds is 4. The molecule has 102 valence electrons. The summed E-state index contributed by atoms with van der Waals surface area (Å²) in [6.45, 7) is 5.35. The van der Waals surface area contributed by atoms with E-state index in [2.05, 4.69) is 22.1 Å². The van der Waals surface area contributed by atoms with Crippen LogP contribution in [0.3, 0.4) is 0 Å². The highest BCUT2D eigenvalue weighted by Crippen LogP contribution is 2.25. The number of nitrogens with one attached hydrogen (secondary N) is 1. The summed E-state index contributed by atoms with van der Waals surface area (Å²) in [5.74, 6) is 0. The number of hydrogen-bond donors (Lipinski definition) is 1. The fourth-order valence-corrected chi connectivity index (χ4v) is 2.76. The van der Waals surface area contributed by atoms with Gasteiger partial charge in [0.1, 0.15) is 5.52 Å². The first-order valence-electron chi connectivity index (χ1n) is 7.21. The SMILES string of the molecule is CCCN(c1nc2ccccc2o1)C1CCCNC1. The van der Waals surface area contributed by atoms with E-state index in [0.717, 1.165) is 43.2 Å². The summed E-state index contributed by atoms with van der Waals surface area (Å²) in [7, 11) is 0. The van der Waals surface area contributed by atoms with Crippen LogP contribution < -0.4 is 10.2 Å². The van der Waals surface area contributed by atoms with Crippen molar-refractivity contribution in [1.82, 2.24) is 10.3 Å². The average molecular weight is 259 g/mol. The van der Waals surface area contributed by atoms with Crippen molar-refractivity contribution in [1.29, 1.82) is 0 Å². The Labute approximate surface area is 113 Å². The van der Waals surface area contributed by atoms with E-state index in [1.54, 1.807) is 0 Å². The van der Waals surface area contributed by atoms with Gasteiger partial charge in [0.2, 0.25) is 0 Å². The summed E-state index contributed by atoms with van der Waals surface area (Å²) in [5.41, 5.74) is 1.82. The number of hydrogen-bond acceptors (Lipinski definition) is 4. The molecular weight excluding hydrogens is 238 g/mol. The Balaban J connectivity index is 1.89. The fourth-order valence-electron chi connectivity index (χ4n) is 2.76.